The summed E-state index contributed by atoms with van der Waals surface area (Å²) in [5.41, 5.74) is 4.26. The molecule has 2 aromatic rings. The molecular formula is C20H20BrN3O4. The molecule has 0 radical (unpaired) electrons. The lowest BCUT2D eigenvalue weighted by Crippen LogP contribution is -2.18. The first-order valence-corrected chi connectivity index (χ1v) is 9.47. The van der Waals surface area contributed by atoms with Crippen molar-refractivity contribution in [1.82, 2.24) is 5.43 Å². The van der Waals surface area contributed by atoms with Crippen LogP contribution in [0.2, 0.25) is 0 Å². The highest BCUT2D eigenvalue weighted by atomic mass is 79.9. The second-order valence-corrected chi connectivity index (χ2v) is 7.12. The fourth-order valence-corrected chi connectivity index (χ4v) is 3.03. The molecule has 0 unspecified atom stereocenters. The Hall–Kier alpha value is -2.87. The highest BCUT2D eigenvalue weighted by Gasteiger charge is 2.29. The Kier molecular flexibility index (Phi) is 6.30. The van der Waals surface area contributed by atoms with Crippen molar-refractivity contribution < 1.29 is 19.1 Å². The summed E-state index contributed by atoms with van der Waals surface area (Å²) in [6.07, 6.45) is 3.38. The molecule has 0 aromatic heterocycles. The van der Waals surface area contributed by atoms with Crippen molar-refractivity contribution >= 4 is 39.6 Å². The van der Waals surface area contributed by atoms with Crippen LogP contribution in [0.4, 0.5) is 5.69 Å². The number of amides is 2. The van der Waals surface area contributed by atoms with Gasteiger partial charge in [-0.2, -0.15) is 5.10 Å². The van der Waals surface area contributed by atoms with Crippen LogP contribution in [0.3, 0.4) is 0 Å². The molecule has 1 aliphatic carbocycles. The van der Waals surface area contributed by atoms with E-state index in [1.165, 1.54) is 6.21 Å². The zero-order valence-corrected chi connectivity index (χ0v) is 17.1. The first-order chi connectivity index (χ1) is 13.5. The molecule has 0 bridgehead atoms. The van der Waals surface area contributed by atoms with E-state index >= 15 is 0 Å². The molecule has 0 aliphatic heterocycles. The first-order valence-electron chi connectivity index (χ1n) is 8.67. The van der Waals surface area contributed by atoms with Crippen molar-refractivity contribution in [3.8, 4) is 11.5 Å². The number of anilines is 1. The van der Waals surface area contributed by atoms with Crippen LogP contribution in [0, 0.1) is 5.92 Å². The van der Waals surface area contributed by atoms with Gasteiger partial charge in [0.2, 0.25) is 5.91 Å². The van der Waals surface area contributed by atoms with Crippen LogP contribution >= 0.6 is 15.9 Å². The lowest BCUT2D eigenvalue weighted by atomic mass is 10.2. The molecule has 2 aromatic carbocycles. The number of hydrogen-bond donors (Lipinski definition) is 2. The van der Waals surface area contributed by atoms with E-state index in [1.54, 1.807) is 50.6 Å². The van der Waals surface area contributed by atoms with E-state index in [2.05, 4.69) is 31.8 Å². The summed E-state index contributed by atoms with van der Waals surface area (Å²) in [7, 11) is 3.11. The van der Waals surface area contributed by atoms with E-state index < -0.39 is 0 Å². The minimum atomic E-state index is -0.358. The predicted molar refractivity (Wildman–Crippen MR) is 110 cm³/mol. The minimum Gasteiger partial charge on any atom is -0.496 e. The number of hydrogen-bond acceptors (Lipinski definition) is 5. The maximum atomic E-state index is 12.2. The number of carbonyl (C=O) groups is 2. The largest absolute Gasteiger partial charge is 0.496 e. The number of nitrogens with zero attached hydrogens (tertiary/aromatic N) is 1. The number of rotatable bonds is 7. The quantitative estimate of drug-likeness (QED) is 0.503. The lowest BCUT2D eigenvalue weighted by molar-refractivity contribution is -0.117. The third-order valence-electron chi connectivity index (χ3n) is 4.24. The Morgan fingerprint density at radius 1 is 1.11 bits per heavy atom. The van der Waals surface area contributed by atoms with Gasteiger partial charge in [-0.05, 0) is 59.1 Å². The average molecular weight is 446 g/mol. The van der Waals surface area contributed by atoms with Crippen molar-refractivity contribution in [2.24, 2.45) is 11.0 Å². The van der Waals surface area contributed by atoms with Crippen molar-refractivity contribution in [3.63, 3.8) is 0 Å². The molecule has 0 spiro atoms. The van der Waals surface area contributed by atoms with Gasteiger partial charge in [-0.15, -0.1) is 0 Å². The smallest absolute Gasteiger partial charge is 0.271 e. The monoisotopic (exact) mass is 445 g/mol. The molecule has 2 N–H and O–H groups in total. The van der Waals surface area contributed by atoms with Gasteiger partial charge in [0.25, 0.3) is 5.91 Å². The van der Waals surface area contributed by atoms with Gasteiger partial charge in [-0.1, -0.05) is 0 Å². The van der Waals surface area contributed by atoms with Gasteiger partial charge in [0.1, 0.15) is 11.5 Å². The number of methoxy groups -OCH3 is 2. The van der Waals surface area contributed by atoms with Crippen LogP contribution < -0.4 is 20.2 Å². The molecule has 0 saturated heterocycles. The topological polar surface area (TPSA) is 89.0 Å². The number of benzene rings is 2. The molecule has 1 aliphatic rings. The maximum Gasteiger partial charge on any atom is 0.271 e. The normalized spacial score (nSPS) is 13.2. The lowest BCUT2D eigenvalue weighted by Gasteiger charge is -2.09. The second-order valence-electron chi connectivity index (χ2n) is 6.27. The van der Waals surface area contributed by atoms with Crippen molar-refractivity contribution in [1.29, 1.82) is 0 Å². The fraction of sp³-hybridized carbons (Fsp3) is 0.250. The summed E-state index contributed by atoms with van der Waals surface area (Å²) < 4.78 is 11.3. The van der Waals surface area contributed by atoms with Crippen LogP contribution in [0.1, 0.15) is 28.8 Å². The van der Waals surface area contributed by atoms with Crippen LogP contribution in [0.5, 0.6) is 11.5 Å². The van der Waals surface area contributed by atoms with Crippen molar-refractivity contribution in [2.75, 3.05) is 19.5 Å². The van der Waals surface area contributed by atoms with Gasteiger partial charge in [0.05, 0.1) is 24.9 Å². The van der Waals surface area contributed by atoms with Gasteiger partial charge in [0, 0.05) is 28.8 Å². The summed E-state index contributed by atoms with van der Waals surface area (Å²) >= 11 is 3.41. The summed E-state index contributed by atoms with van der Waals surface area (Å²) in [5.74, 6) is 0.997. The standard InChI is InChI=1S/C20H20BrN3O4/c1-27-17-10-18(28-2)16(21)9-14(17)11-22-24-20(26)13-5-7-15(8-6-13)23-19(25)12-3-4-12/h5-12H,3-4H2,1-2H3,(H,23,25)(H,24,26)/b22-11+. The van der Waals surface area contributed by atoms with E-state index in [9.17, 15) is 9.59 Å². The summed E-state index contributed by atoms with van der Waals surface area (Å²) in [4.78, 5) is 24.0. The third kappa shape index (κ3) is 4.89. The number of halogens is 1. The van der Waals surface area contributed by atoms with E-state index in [-0.39, 0.29) is 17.7 Å². The number of nitrogens with one attached hydrogen (secondary N) is 2. The predicted octanol–water partition coefficient (Wildman–Crippen LogP) is 3.58. The van der Waals surface area contributed by atoms with Crippen LogP contribution in [-0.2, 0) is 4.79 Å². The molecule has 0 atom stereocenters. The van der Waals surface area contributed by atoms with Crippen molar-refractivity contribution in [3.05, 3.63) is 52.0 Å². The van der Waals surface area contributed by atoms with Gasteiger partial charge < -0.3 is 14.8 Å². The van der Waals surface area contributed by atoms with Gasteiger partial charge >= 0.3 is 0 Å². The zero-order valence-electron chi connectivity index (χ0n) is 15.5. The Morgan fingerprint density at radius 3 is 2.39 bits per heavy atom. The second kappa shape index (κ2) is 8.88. The maximum absolute atomic E-state index is 12.2. The van der Waals surface area contributed by atoms with E-state index in [0.717, 1.165) is 17.3 Å². The molecular weight excluding hydrogens is 426 g/mol. The molecule has 3 rings (SSSR count). The molecule has 0 heterocycles. The molecule has 1 fully saturated rings. The zero-order chi connectivity index (χ0) is 20.1. The summed E-state index contributed by atoms with van der Waals surface area (Å²) in [6, 6.07) is 10.2. The molecule has 146 valence electrons. The van der Waals surface area contributed by atoms with E-state index in [4.69, 9.17) is 9.47 Å². The minimum absolute atomic E-state index is 0.0291. The number of ether oxygens (including phenoxy) is 2. The van der Waals surface area contributed by atoms with E-state index in [0.29, 0.717) is 28.3 Å². The SMILES string of the molecule is COc1cc(OC)c(/C=N/NC(=O)c2ccc(NC(=O)C3CC3)cc2)cc1Br. The Balaban J connectivity index is 1.62. The van der Waals surface area contributed by atoms with Crippen LogP contribution in [-0.4, -0.2) is 32.2 Å². The highest BCUT2D eigenvalue weighted by molar-refractivity contribution is 9.10. The fourth-order valence-electron chi connectivity index (χ4n) is 2.50. The molecule has 1 saturated carbocycles. The van der Waals surface area contributed by atoms with Crippen molar-refractivity contribution in [2.45, 2.75) is 12.8 Å². The molecule has 28 heavy (non-hydrogen) atoms. The summed E-state index contributed by atoms with van der Waals surface area (Å²) in [6.45, 7) is 0. The molecule has 7 nitrogen and oxygen atoms in total. The molecule has 2 amide bonds. The van der Waals surface area contributed by atoms with Crippen LogP contribution in [0.25, 0.3) is 0 Å². The number of hydrazone groups is 1. The Morgan fingerprint density at radius 2 is 1.79 bits per heavy atom. The Labute approximate surface area is 171 Å². The Bertz CT molecular complexity index is 908. The average Bonchev–Trinajstić information content (AvgIpc) is 3.54. The number of carbonyl (C=O) groups excluding carboxylic acids is 2. The van der Waals surface area contributed by atoms with E-state index in [1.807, 2.05) is 0 Å². The summed E-state index contributed by atoms with van der Waals surface area (Å²) in [5, 5.41) is 6.82. The van der Waals surface area contributed by atoms with Gasteiger partial charge in [-0.25, -0.2) is 5.43 Å². The highest BCUT2D eigenvalue weighted by Crippen LogP contribution is 2.32. The van der Waals surface area contributed by atoms with Crippen LogP contribution in [0.15, 0.2) is 46.0 Å². The first kappa shape index (κ1) is 19.9. The van der Waals surface area contributed by atoms with Gasteiger partial charge in [0.15, 0.2) is 0 Å². The third-order valence-corrected chi connectivity index (χ3v) is 4.86. The van der Waals surface area contributed by atoms with Gasteiger partial charge in [-0.3, -0.25) is 9.59 Å². The molecule has 8 heteroatoms.